The molecular weight excluding hydrogens is 292 g/mol. The quantitative estimate of drug-likeness (QED) is 0.869. The summed E-state index contributed by atoms with van der Waals surface area (Å²) in [5.74, 6) is -1.24. The van der Waals surface area contributed by atoms with Crippen molar-refractivity contribution in [1.29, 1.82) is 0 Å². The second-order valence-corrected chi connectivity index (χ2v) is 6.64. The van der Waals surface area contributed by atoms with Gasteiger partial charge in [-0.1, -0.05) is 13.8 Å². The zero-order valence-corrected chi connectivity index (χ0v) is 12.8. The number of hydrogen-bond acceptors (Lipinski definition) is 4. The molecule has 0 saturated carbocycles. The van der Waals surface area contributed by atoms with E-state index in [1.165, 1.54) is 6.07 Å². The van der Waals surface area contributed by atoms with E-state index >= 15 is 0 Å². The van der Waals surface area contributed by atoms with Crippen LogP contribution in [-0.2, 0) is 9.59 Å². The third kappa shape index (κ3) is 3.81. The molecule has 0 aromatic carbocycles. The maximum absolute atomic E-state index is 12.1. The van der Waals surface area contributed by atoms with Gasteiger partial charge in [0.25, 0.3) is 0 Å². The van der Waals surface area contributed by atoms with Gasteiger partial charge in [-0.25, -0.2) is 4.79 Å². The zero-order valence-electron chi connectivity index (χ0n) is 12.0. The summed E-state index contributed by atoms with van der Waals surface area (Å²) >= 11 is 1.01. The first-order valence-electron chi connectivity index (χ1n) is 6.78. The summed E-state index contributed by atoms with van der Waals surface area (Å²) in [4.78, 5) is 36.7. The Bertz CT molecular complexity index is 567. The number of carbonyl (C=O) groups excluding carboxylic acids is 2. The fourth-order valence-corrected chi connectivity index (χ4v) is 3.06. The molecule has 2 amide bonds. The number of carboxylic acids is 1. The minimum Gasteiger partial charge on any atom is -0.477 e. The fraction of sp³-hybridized carbons (Fsp3) is 0.500. The number of rotatable bonds is 5. The Labute approximate surface area is 126 Å². The van der Waals surface area contributed by atoms with Crippen molar-refractivity contribution < 1.29 is 19.5 Å². The number of hydrogen-bond donors (Lipinski definition) is 2. The Morgan fingerprint density at radius 1 is 1.48 bits per heavy atom. The number of likely N-dealkylation sites (tertiary alicyclic amines) is 1. The molecular formula is C14H18N2O4S. The predicted molar refractivity (Wildman–Crippen MR) is 79.4 cm³/mol. The van der Waals surface area contributed by atoms with Gasteiger partial charge >= 0.3 is 5.97 Å². The maximum atomic E-state index is 12.1. The van der Waals surface area contributed by atoms with E-state index in [0.717, 1.165) is 11.3 Å². The third-order valence-electron chi connectivity index (χ3n) is 3.23. The number of carboxylic acid groups (broad SMARTS) is 1. The Morgan fingerprint density at radius 3 is 2.76 bits per heavy atom. The molecule has 0 aliphatic carbocycles. The van der Waals surface area contributed by atoms with Crippen molar-refractivity contribution in [3.05, 3.63) is 17.0 Å². The van der Waals surface area contributed by atoms with Crippen LogP contribution in [0, 0.1) is 11.8 Å². The topological polar surface area (TPSA) is 86.7 Å². The molecule has 1 aliphatic rings. The second-order valence-electron chi connectivity index (χ2n) is 5.55. The van der Waals surface area contributed by atoms with Crippen LogP contribution in [-0.4, -0.2) is 40.9 Å². The van der Waals surface area contributed by atoms with Crippen LogP contribution < -0.4 is 5.32 Å². The number of anilines is 1. The van der Waals surface area contributed by atoms with E-state index in [-0.39, 0.29) is 29.0 Å². The van der Waals surface area contributed by atoms with Gasteiger partial charge in [-0.05, 0) is 18.1 Å². The van der Waals surface area contributed by atoms with E-state index in [1.807, 2.05) is 13.8 Å². The summed E-state index contributed by atoms with van der Waals surface area (Å²) in [5, 5.41) is 12.0. The highest BCUT2D eigenvalue weighted by molar-refractivity contribution is 7.18. The van der Waals surface area contributed by atoms with Gasteiger partial charge in [0.1, 0.15) is 4.88 Å². The van der Waals surface area contributed by atoms with Crippen LogP contribution in [0.4, 0.5) is 5.00 Å². The number of aromatic carboxylic acids is 1. The Morgan fingerprint density at radius 2 is 2.19 bits per heavy atom. The third-order valence-corrected chi connectivity index (χ3v) is 4.22. The maximum Gasteiger partial charge on any atom is 0.345 e. The molecule has 114 valence electrons. The molecule has 0 spiro atoms. The first kappa shape index (κ1) is 15.5. The average molecular weight is 310 g/mol. The standard InChI is InChI=1S/C14H18N2O4S/c1-8(2)6-16-7-9(5-12(16)17)13(18)15-11-4-3-10(21-11)14(19)20/h3-4,8-9H,5-7H2,1-2H3,(H,15,18)(H,19,20). The molecule has 1 fully saturated rings. The summed E-state index contributed by atoms with van der Waals surface area (Å²) in [6, 6.07) is 3.02. The first-order chi connectivity index (χ1) is 9.86. The van der Waals surface area contributed by atoms with Crippen molar-refractivity contribution in [3.8, 4) is 0 Å². The van der Waals surface area contributed by atoms with Crippen LogP contribution in [0.15, 0.2) is 12.1 Å². The van der Waals surface area contributed by atoms with E-state index in [2.05, 4.69) is 5.32 Å². The van der Waals surface area contributed by atoms with Gasteiger partial charge in [-0.15, -0.1) is 11.3 Å². The van der Waals surface area contributed by atoms with Crippen molar-refractivity contribution in [3.63, 3.8) is 0 Å². The van der Waals surface area contributed by atoms with Gasteiger partial charge in [-0.2, -0.15) is 0 Å². The molecule has 0 radical (unpaired) electrons. The van der Waals surface area contributed by atoms with E-state index in [0.29, 0.717) is 24.0 Å². The molecule has 2 heterocycles. The number of thiophene rings is 1. The molecule has 7 heteroatoms. The van der Waals surface area contributed by atoms with E-state index in [4.69, 9.17) is 5.11 Å². The second kappa shape index (κ2) is 6.26. The summed E-state index contributed by atoms with van der Waals surface area (Å²) in [7, 11) is 0. The van der Waals surface area contributed by atoms with Crippen LogP contribution in [0.25, 0.3) is 0 Å². The lowest BCUT2D eigenvalue weighted by Gasteiger charge is -2.18. The number of carbonyl (C=O) groups is 3. The zero-order chi connectivity index (χ0) is 15.6. The van der Waals surface area contributed by atoms with Crippen molar-refractivity contribution in [2.75, 3.05) is 18.4 Å². The van der Waals surface area contributed by atoms with Gasteiger partial charge in [0.05, 0.1) is 10.9 Å². The highest BCUT2D eigenvalue weighted by Gasteiger charge is 2.34. The van der Waals surface area contributed by atoms with Gasteiger partial charge in [0.15, 0.2) is 0 Å². The molecule has 1 aliphatic heterocycles. The van der Waals surface area contributed by atoms with Crippen molar-refractivity contribution >= 4 is 34.1 Å². The highest BCUT2D eigenvalue weighted by Crippen LogP contribution is 2.25. The molecule has 1 aromatic heterocycles. The van der Waals surface area contributed by atoms with E-state index in [9.17, 15) is 14.4 Å². The van der Waals surface area contributed by atoms with Crippen molar-refractivity contribution in [2.45, 2.75) is 20.3 Å². The SMILES string of the molecule is CC(C)CN1CC(C(=O)Nc2ccc(C(=O)O)s2)CC1=O. The highest BCUT2D eigenvalue weighted by atomic mass is 32.1. The molecule has 2 rings (SSSR count). The van der Waals surface area contributed by atoms with Crippen LogP contribution in [0.5, 0.6) is 0 Å². The lowest BCUT2D eigenvalue weighted by atomic mass is 10.1. The van der Waals surface area contributed by atoms with Gasteiger partial charge in [0.2, 0.25) is 11.8 Å². The van der Waals surface area contributed by atoms with Crippen molar-refractivity contribution in [2.24, 2.45) is 11.8 Å². The Kier molecular flexibility index (Phi) is 4.62. The minimum absolute atomic E-state index is 0.00116. The largest absolute Gasteiger partial charge is 0.477 e. The molecule has 6 nitrogen and oxygen atoms in total. The lowest BCUT2D eigenvalue weighted by molar-refractivity contribution is -0.128. The summed E-state index contributed by atoms with van der Waals surface area (Å²) in [6.45, 7) is 5.14. The van der Waals surface area contributed by atoms with E-state index < -0.39 is 5.97 Å². The number of nitrogens with zero attached hydrogens (tertiary/aromatic N) is 1. The van der Waals surface area contributed by atoms with Crippen LogP contribution in [0.1, 0.15) is 29.9 Å². The fourth-order valence-electron chi connectivity index (χ4n) is 2.31. The minimum atomic E-state index is -1.01. The van der Waals surface area contributed by atoms with Gasteiger partial charge in [0, 0.05) is 19.5 Å². The van der Waals surface area contributed by atoms with Crippen LogP contribution in [0.3, 0.4) is 0 Å². The summed E-state index contributed by atoms with van der Waals surface area (Å²) in [6.07, 6.45) is 0.218. The Hall–Kier alpha value is -1.89. The monoisotopic (exact) mass is 310 g/mol. The van der Waals surface area contributed by atoms with Gasteiger partial charge in [-0.3, -0.25) is 9.59 Å². The molecule has 1 unspecified atom stereocenters. The smallest absolute Gasteiger partial charge is 0.345 e. The summed E-state index contributed by atoms with van der Waals surface area (Å²) in [5.41, 5.74) is 0. The summed E-state index contributed by atoms with van der Waals surface area (Å²) < 4.78 is 0. The number of nitrogens with one attached hydrogen (secondary N) is 1. The molecule has 1 atom stereocenters. The molecule has 0 bridgehead atoms. The average Bonchev–Trinajstić information content (AvgIpc) is 2.97. The Balaban J connectivity index is 1.94. The van der Waals surface area contributed by atoms with Crippen molar-refractivity contribution in [1.82, 2.24) is 4.90 Å². The number of amides is 2. The molecule has 21 heavy (non-hydrogen) atoms. The molecule has 2 N–H and O–H groups in total. The normalized spacial score (nSPS) is 18.3. The lowest BCUT2D eigenvalue weighted by Crippen LogP contribution is -2.31. The van der Waals surface area contributed by atoms with E-state index in [1.54, 1.807) is 11.0 Å². The van der Waals surface area contributed by atoms with Crippen LogP contribution in [0.2, 0.25) is 0 Å². The predicted octanol–water partition coefficient (Wildman–Crippen LogP) is 1.89. The molecule has 1 aromatic rings. The van der Waals surface area contributed by atoms with Crippen LogP contribution >= 0.6 is 11.3 Å². The van der Waals surface area contributed by atoms with Gasteiger partial charge < -0.3 is 15.3 Å². The molecule has 1 saturated heterocycles. The first-order valence-corrected chi connectivity index (χ1v) is 7.60.